The van der Waals surface area contributed by atoms with E-state index in [0.29, 0.717) is 23.3 Å². The predicted molar refractivity (Wildman–Crippen MR) is 142 cm³/mol. The number of aromatic nitrogens is 1. The van der Waals surface area contributed by atoms with Crippen molar-refractivity contribution in [3.05, 3.63) is 114 Å². The Morgan fingerprint density at radius 2 is 1.52 bits per heavy atom. The fourth-order valence-electron chi connectivity index (χ4n) is 3.94. The molecule has 0 aliphatic rings. The number of halogens is 6. The molecule has 2 amide bonds. The minimum Gasteiger partial charge on any atom is -0.508 e. The van der Waals surface area contributed by atoms with Gasteiger partial charge in [-0.1, -0.05) is 24.3 Å². The number of para-hydroxylation sites is 1. The first-order valence-electron chi connectivity index (χ1n) is 12.2. The number of ether oxygens (including phenoxy) is 1. The second-order valence-corrected chi connectivity index (χ2v) is 9.00. The van der Waals surface area contributed by atoms with Crippen molar-refractivity contribution in [3.63, 3.8) is 0 Å². The summed E-state index contributed by atoms with van der Waals surface area (Å²) in [6, 6.07) is 14.2. The second-order valence-electron chi connectivity index (χ2n) is 9.00. The number of aromatic hydroxyl groups is 1. The Morgan fingerprint density at radius 3 is 2.10 bits per heavy atom. The molecule has 1 atom stereocenters. The number of benzene rings is 3. The molecular formula is C29H22F6N4O3. The van der Waals surface area contributed by atoms with E-state index < -0.39 is 41.3 Å². The number of amides is 2. The number of carbonyl (C=O) groups excluding carboxylic acids is 1. The van der Waals surface area contributed by atoms with Crippen molar-refractivity contribution in [3.8, 4) is 17.2 Å². The van der Waals surface area contributed by atoms with Gasteiger partial charge in [0.15, 0.2) is 0 Å². The summed E-state index contributed by atoms with van der Waals surface area (Å²) in [4.78, 5) is 16.8. The van der Waals surface area contributed by atoms with Gasteiger partial charge in [-0.2, -0.15) is 26.3 Å². The number of urea groups is 1. The summed E-state index contributed by atoms with van der Waals surface area (Å²) in [6.07, 6.45) is -6.98. The highest BCUT2D eigenvalue weighted by molar-refractivity contribution is 5.99. The molecule has 42 heavy (non-hydrogen) atoms. The van der Waals surface area contributed by atoms with E-state index in [-0.39, 0.29) is 35.4 Å². The summed E-state index contributed by atoms with van der Waals surface area (Å²) in [5.41, 5.74) is -1.77. The minimum atomic E-state index is -5.02. The van der Waals surface area contributed by atoms with Gasteiger partial charge in [0.25, 0.3) is 0 Å². The molecule has 0 radical (unpaired) electrons. The number of phenols is 1. The van der Waals surface area contributed by atoms with Crippen molar-refractivity contribution >= 4 is 17.4 Å². The van der Waals surface area contributed by atoms with Crippen LogP contribution in [-0.2, 0) is 12.4 Å². The summed E-state index contributed by atoms with van der Waals surface area (Å²) in [6.45, 7) is 0. The Bertz CT molecular complexity index is 1530. The molecule has 1 unspecified atom stereocenters. The highest BCUT2D eigenvalue weighted by Crippen LogP contribution is 2.39. The van der Waals surface area contributed by atoms with E-state index in [9.17, 15) is 36.2 Å². The number of phenolic OH excluding ortho intramolecular Hbond substituents is 1. The Labute approximate surface area is 235 Å². The Balaban J connectivity index is 1.47. The molecule has 4 rings (SSSR count). The first-order chi connectivity index (χ1) is 19.8. The van der Waals surface area contributed by atoms with Crippen molar-refractivity contribution in [1.82, 2.24) is 10.3 Å². The molecule has 0 saturated heterocycles. The van der Waals surface area contributed by atoms with E-state index in [1.54, 1.807) is 36.5 Å². The lowest BCUT2D eigenvalue weighted by Crippen LogP contribution is -2.34. The van der Waals surface area contributed by atoms with Crippen molar-refractivity contribution in [2.45, 2.75) is 24.8 Å². The maximum Gasteiger partial charge on any atom is 0.416 e. The number of carbonyl (C=O) groups is 1. The number of alkyl halides is 6. The van der Waals surface area contributed by atoms with E-state index in [4.69, 9.17) is 10.1 Å². The minimum absolute atomic E-state index is 0.000867. The number of anilines is 1. The van der Waals surface area contributed by atoms with Gasteiger partial charge in [0.05, 0.1) is 17.2 Å². The van der Waals surface area contributed by atoms with Gasteiger partial charge in [0, 0.05) is 41.3 Å². The zero-order chi connectivity index (χ0) is 30.5. The summed E-state index contributed by atoms with van der Waals surface area (Å²) in [7, 11) is 0. The van der Waals surface area contributed by atoms with E-state index >= 15 is 0 Å². The number of hydrogen-bond acceptors (Lipinski definition) is 5. The molecule has 0 bridgehead atoms. The van der Waals surface area contributed by atoms with Gasteiger partial charge in [-0.25, -0.2) is 4.79 Å². The topological polar surface area (TPSA) is 107 Å². The van der Waals surface area contributed by atoms with E-state index in [0.717, 1.165) is 0 Å². The molecule has 4 N–H and O–H groups in total. The quantitative estimate of drug-likeness (QED) is 0.124. The molecule has 1 aromatic heterocycles. The summed E-state index contributed by atoms with van der Waals surface area (Å²) in [5.74, 6) is -0.839. The molecule has 0 fully saturated rings. The van der Waals surface area contributed by atoms with Crippen LogP contribution in [0.2, 0.25) is 0 Å². The number of nitrogens with zero attached hydrogens (tertiary/aromatic N) is 1. The Morgan fingerprint density at radius 1 is 0.881 bits per heavy atom. The van der Waals surface area contributed by atoms with Gasteiger partial charge in [-0.15, -0.1) is 0 Å². The number of nitrogens with one attached hydrogen (secondary N) is 3. The number of rotatable bonds is 8. The van der Waals surface area contributed by atoms with Gasteiger partial charge < -0.3 is 25.9 Å². The van der Waals surface area contributed by atoms with Gasteiger partial charge in [0.2, 0.25) is 0 Å². The Kier molecular flexibility index (Phi) is 8.69. The average Bonchev–Trinajstić information content (AvgIpc) is 2.93. The monoisotopic (exact) mass is 588 g/mol. The van der Waals surface area contributed by atoms with Crippen LogP contribution in [-0.4, -0.2) is 21.8 Å². The second kappa shape index (κ2) is 12.2. The van der Waals surface area contributed by atoms with Gasteiger partial charge in [0.1, 0.15) is 17.2 Å². The van der Waals surface area contributed by atoms with Crippen LogP contribution in [0.1, 0.15) is 34.7 Å². The zero-order valence-corrected chi connectivity index (χ0v) is 21.4. The van der Waals surface area contributed by atoms with Crippen molar-refractivity contribution in [2.24, 2.45) is 0 Å². The molecule has 4 aromatic rings. The largest absolute Gasteiger partial charge is 0.508 e. The van der Waals surface area contributed by atoms with E-state index in [1.165, 1.54) is 36.5 Å². The third kappa shape index (κ3) is 7.77. The van der Waals surface area contributed by atoms with Gasteiger partial charge in [-0.05, 0) is 54.6 Å². The first-order valence-corrected chi connectivity index (χ1v) is 12.2. The smallest absolute Gasteiger partial charge is 0.416 e. The number of hydrogen-bond donors (Lipinski definition) is 4. The zero-order valence-electron chi connectivity index (χ0n) is 21.4. The van der Waals surface area contributed by atoms with Crippen LogP contribution in [0.4, 0.5) is 36.8 Å². The maximum absolute atomic E-state index is 13.1. The maximum atomic E-state index is 13.1. The normalized spacial score (nSPS) is 12.3. The standard InChI is InChI=1S/C29H22F6N4O3/c30-28(31,32)18-12-19(29(33,34)35)14-22(13-18)42-21-9-7-20(8-10-21)38-27(41)39-25(23-5-1-2-6-26(23)40)15-24(36)17-4-3-11-37-16-17/h1-14,16,25,36,40H,15H2,(H2,38,39,41). The number of pyridine rings is 1. The average molecular weight is 589 g/mol. The van der Waals surface area contributed by atoms with Crippen LogP contribution in [0.15, 0.2) is 91.3 Å². The van der Waals surface area contributed by atoms with Crippen LogP contribution in [0.3, 0.4) is 0 Å². The lowest BCUT2D eigenvalue weighted by atomic mass is 9.97. The highest BCUT2D eigenvalue weighted by atomic mass is 19.4. The third-order valence-electron chi connectivity index (χ3n) is 5.94. The van der Waals surface area contributed by atoms with Crippen molar-refractivity contribution < 1.29 is 41.0 Å². The summed E-state index contributed by atoms with van der Waals surface area (Å²) < 4.78 is 84.0. The summed E-state index contributed by atoms with van der Waals surface area (Å²) >= 11 is 0. The SMILES string of the molecule is N=C(CC(NC(=O)Nc1ccc(Oc2cc(C(F)(F)F)cc(C(F)(F)F)c2)cc1)c1ccccc1O)c1cccnc1. The molecule has 1 heterocycles. The molecule has 13 heteroatoms. The van der Waals surface area contributed by atoms with Crippen LogP contribution < -0.4 is 15.4 Å². The Hall–Kier alpha value is -5.07. The molecule has 218 valence electrons. The predicted octanol–water partition coefficient (Wildman–Crippen LogP) is 7.94. The summed E-state index contributed by atoms with van der Waals surface area (Å²) in [5, 5.41) is 24.0. The molecule has 0 saturated carbocycles. The lowest BCUT2D eigenvalue weighted by molar-refractivity contribution is -0.143. The van der Waals surface area contributed by atoms with Gasteiger partial charge in [-0.3, -0.25) is 4.98 Å². The van der Waals surface area contributed by atoms with Crippen LogP contribution in [0.25, 0.3) is 0 Å². The molecule has 7 nitrogen and oxygen atoms in total. The van der Waals surface area contributed by atoms with Crippen molar-refractivity contribution in [2.75, 3.05) is 5.32 Å². The van der Waals surface area contributed by atoms with Crippen LogP contribution in [0, 0.1) is 5.41 Å². The van der Waals surface area contributed by atoms with E-state index in [1.807, 2.05) is 0 Å². The fraction of sp³-hybridized carbons (Fsp3) is 0.138. The van der Waals surface area contributed by atoms with E-state index in [2.05, 4.69) is 15.6 Å². The lowest BCUT2D eigenvalue weighted by Gasteiger charge is -2.21. The van der Waals surface area contributed by atoms with Crippen LogP contribution >= 0.6 is 0 Å². The fourth-order valence-corrected chi connectivity index (χ4v) is 3.94. The van der Waals surface area contributed by atoms with Gasteiger partial charge >= 0.3 is 18.4 Å². The highest BCUT2D eigenvalue weighted by Gasteiger charge is 2.37. The van der Waals surface area contributed by atoms with Crippen molar-refractivity contribution in [1.29, 1.82) is 5.41 Å². The molecule has 0 aliphatic heterocycles. The molecule has 3 aromatic carbocycles. The first kappa shape index (κ1) is 29.9. The van der Waals surface area contributed by atoms with Crippen LogP contribution in [0.5, 0.6) is 17.2 Å². The third-order valence-corrected chi connectivity index (χ3v) is 5.94. The molecule has 0 spiro atoms. The molecule has 0 aliphatic carbocycles. The molecular weight excluding hydrogens is 566 g/mol.